The second-order valence-corrected chi connectivity index (χ2v) is 6.10. The molecule has 0 aliphatic heterocycles. The number of benzene rings is 1. The minimum Gasteiger partial charge on any atom is -0.391 e. The molecular formula is C15H21NO2S. The zero-order valence-corrected chi connectivity index (χ0v) is 12.1. The number of rotatable bonds is 4. The highest BCUT2D eigenvalue weighted by molar-refractivity contribution is 8.00. The van der Waals surface area contributed by atoms with Gasteiger partial charge in [-0.25, -0.2) is 0 Å². The van der Waals surface area contributed by atoms with E-state index in [1.165, 1.54) is 5.56 Å². The standard InChI is InChI=1S/C15H21NO2S/c1-11-6-2-5-9-14(11)19-10-15(18)16-12-7-3-4-8-13(12)17/h2,5-6,9,12-13,17H,3-4,7-8,10H2,1H3,(H,16,18)/t12-,13-/m1/s1. The van der Waals surface area contributed by atoms with E-state index in [0.29, 0.717) is 5.75 Å². The van der Waals surface area contributed by atoms with Crippen molar-refractivity contribution in [3.05, 3.63) is 29.8 Å². The van der Waals surface area contributed by atoms with Crippen molar-refractivity contribution in [1.82, 2.24) is 5.32 Å². The first kappa shape index (κ1) is 14.4. The van der Waals surface area contributed by atoms with Crippen molar-refractivity contribution in [2.75, 3.05) is 5.75 Å². The van der Waals surface area contributed by atoms with Gasteiger partial charge in [0.25, 0.3) is 0 Å². The molecule has 0 bridgehead atoms. The number of aliphatic hydroxyl groups excluding tert-OH is 1. The Morgan fingerprint density at radius 2 is 2.11 bits per heavy atom. The normalized spacial score (nSPS) is 23.1. The largest absolute Gasteiger partial charge is 0.391 e. The summed E-state index contributed by atoms with van der Waals surface area (Å²) in [5, 5.41) is 12.8. The number of carbonyl (C=O) groups is 1. The smallest absolute Gasteiger partial charge is 0.230 e. The van der Waals surface area contributed by atoms with Crippen LogP contribution in [-0.2, 0) is 4.79 Å². The highest BCUT2D eigenvalue weighted by Gasteiger charge is 2.24. The number of nitrogens with one attached hydrogen (secondary N) is 1. The van der Waals surface area contributed by atoms with E-state index >= 15 is 0 Å². The van der Waals surface area contributed by atoms with Gasteiger partial charge in [0.05, 0.1) is 17.9 Å². The van der Waals surface area contributed by atoms with Crippen LogP contribution in [0.3, 0.4) is 0 Å². The van der Waals surface area contributed by atoms with Crippen molar-refractivity contribution in [3.8, 4) is 0 Å². The topological polar surface area (TPSA) is 49.3 Å². The summed E-state index contributed by atoms with van der Waals surface area (Å²) in [7, 11) is 0. The molecule has 2 rings (SSSR count). The summed E-state index contributed by atoms with van der Waals surface area (Å²) in [4.78, 5) is 13.0. The monoisotopic (exact) mass is 279 g/mol. The first-order valence-corrected chi connectivity index (χ1v) is 7.81. The average molecular weight is 279 g/mol. The number of carbonyl (C=O) groups excluding carboxylic acids is 1. The predicted molar refractivity (Wildman–Crippen MR) is 78.3 cm³/mol. The van der Waals surface area contributed by atoms with Crippen LogP contribution in [0.5, 0.6) is 0 Å². The molecule has 1 aromatic carbocycles. The van der Waals surface area contributed by atoms with Gasteiger partial charge in [0.1, 0.15) is 0 Å². The van der Waals surface area contributed by atoms with Crippen molar-refractivity contribution < 1.29 is 9.90 Å². The third-order valence-corrected chi connectivity index (χ3v) is 4.70. The summed E-state index contributed by atoms with van der Waals surface area (Å²) >= 11 is 1.55. The molecule has 1 aliphatic carbocycles. The Morgan fingerprint density at radius 1 is 1.37 bits per heavy atom. The van der Waals surface area contributed by atoms with E-state index in [0.717, 1.165) is 30.6 Å². The predicted octanol–water partition coefficient (Wildman–Crippen LogP) is 2.51. The zero-order chi connectivity index (χ0) is 13.7. The van der Waals surface area contributed by atoms with Gasteiger partial charge in [-0.05, 0) is 31.4 Å². The van der Waals surface area contributed by atoms with Gasteiger partial charge in [-0.2, -0.15) is 0 Å². The first-order valence-electron chi connectivity index (χ1n) is 6.82. The first-order chi connectivity index (χ1) is 9.16. The van der Waals surface area contributed by atoms with Crippen LogP contribution in [0.2, 0.25) is 0 Å². The van der Waals surface area contributed by atoms with Gasteiger partial charge in [-0.15, -0.1) is 11.8 Å². The minimum absolute atomic E-state index is 0.0132. The molecule has 104 valence electrons. The van der Waals surface area contributed by atoms with Crippen LogP contribution in [0.25, 0.3) is 0 Å². The molecule has 1 fully saturated rings. The third kappa shape index (κ3) is 4.25. The number of hydrogen-bond donors (Lipinski definition) is 2. The Morgan fingerprint density at radius 3 is 2.84 bits per heavy atom. The molecule has 0 heterocycles. The molecule has 4 heteroatoms. The molecule has 0 spiro atoms. The van der Waals surface area contributed by atoms with E-state index in [-0.39, 0.29) is 18.1 Å². The molecule has 0 radical (unpaired) electrons. The van der Waals surface area contributed by atoms with E-state index in [9.17, 15) is 9.90 Å². The van der Waals surface area contributed by atoms with Crippen LogP contribution in [0, 0.1) is 6.92 Å². The van der Waals surface area contributed by atoms with Crippen molar-refractivity contribution in [2.24, 2.45) is 0 Å². The highest BCUT2D eigenvalue weighted by atomic mass is 32.2. The maximum absolute atomic E-state index is 11.9. The molecule has 0 saturated heterocycles. The van der Waals surface area contributed by atoms with Crippen molar-refractivity contribution in [3.63, 3.8) is 0 Å². The molecule has 2 N–H and O–H groups in total. The van der Waals surface area contributed by atoms with E-state index in [4.69, 9.17) is 0 Å². The van der Waals surface area contributed by atoms with E-state index in [1.54, 1.807) is 11.8 Å². The molecule has 1 aromatic rings. The Hall–Kier alpha value is -1.00. The summed E-state index contributed by atoms with van der Waals surface area (Å²) in [6.45, 7) is 2.05. The van der Waals surface area contributed by atoms with Gasteiger partial charge in [-0.1, -0.05) is 31.0 Å². The molecular weight excluding hydrogens is 258 g/mol. The zero-order valence-electron chi connectivity index (χ0n) is 11.3. The van der Waals surface area contributed by atoms with Crippen LogP contribution in [0.15, 0.2) is 29.2 Å². The van der Waals surface area contributed by atoms with Crippen molar-refractivity contribution in [2.45, 2.75) is 49.6 Å². The fraction of sp³-hybridized carbons (Fsp3) is 0.533. The number of amides is 1. The number of aryl methyl sites for hydroxylation is 1. The molecule has 1 aliphatic rings. The van der Waals surface area contributed by atoms with Gasteiger partial charge in [0.15, 0.2) is 0 Å². The Balaban J connectivity index is 1.80. The number of aliphatic hydroxyl groups is 1. The van der Waals surface area contributed by atoms with Gasteiger partial charge >= 0.3 is 0 Å². The van der Waals surface area contributed by atoms with Crippen LogP contribution in [-0.4, -0.2) is 28.9 Å². The molecule has 19 heavy (non-hydrogen) atoms. The van der Waals surface area contributed by atoms with Gasteiger partial charge in [-0.3, -0.25) is 4.79 Å². The van der Waals surface area contributed by atoms with E-state index in [2.05, 4.69) is 5.32 Å². The van der Waals surface area contributed by atoms with Gasteiger partial charge < -0.3 is 10.4 Å². The number of thioether (sulfide) groups is 1. The van der Waals surface area contributed by atoms with Gasteiger partial charge in [0, 0.05) is 4.90 Å². The van der Waals surface area contributed by atoms with Gasteiger partial charge in [0.2, 0.25) is 5.91 Å². The molecule has 2 atom stereocenters. The van der Waals surface area contributed by atoms with E-state index in [1.807, 2.05) is 31.2 Å². The molecule has 1 amide bonds. The second kappa shape index (κ2) is 6.96. The summed E-state index contributed by atoms with van der Waals surface area (Å²) in [6.07, 6.45) is 3.47. The van der Waals surface area contributed by atoms with Crippen molar-refractivity contribution in [1.29, 1.82) is 0 Å². The van der Waals surface area contributed by atoms with Crippen molar-refractivity contribution >= 4 is 17.7 Å². The quantitative estimate of drug-likeness (QED) is 0.833. The number of hydrogen-bond acceptors (Lipinski definition) is 3. The lowest BCUT2D eigenvalue weighted by Crippen LogP contribution is -2.45. The Labute approximate surface area is 118 Å². The lowest BCUT2D eigenvalue weighted by molar-refractivity contribution is -0.120. The molecule has 3 nitrogen and oxygen atoms in total. The van der Waals surface area contributed by atoms with Crippen LogP contribution in [0.1, 0.15) is 31.2 Å². The molecule has 1 saturated carbocycles. The third-order valence-electron chi connectivity index (χ3n) is 3.53. The summed E-state index contributed by atoms with van der Waals surface area (Å²) in [5.41, 5.74) is 1.19. The molecule has 0 unspecified atom stereocenters. The minimum atomic E-state index is -0.374. The maximum Gasteiger partial charge on any atom is 0.230 e. The average Bonchev–Trinajstić information content (AvgIpc) is 2.40. The Bertz CT molecular complexity index is 436. The second-order valence-electron chi connectivity index (χ2n) is 5.08. The summed E-state index contributed by atoms with van der Waals surface area (Å²) in [5.74, 6) is 0.424. The molecule has 0 aromatic heterocycles. The van der Waals surface area contributed by atoms with Crippen LogP contribution >= 0.6 is 11.8 Å². The fourth-order valence-electron chi connectivity index (χ4n) is 2.39. The van der Waals surface area contributed by atoms with Crippen LogP contribution < -0.4 is 5.32 Å². The maximum atomic E-state index is 11.9. The highest BCUT2D eigenvalue weighted by Crippen LogP contribution is 2.22. The Kier molecular flexibility index (Phi) is 5.28. The van der Waals surface area contributed by atoms with Crippen LogP contribution in [0.4, 0.5) is 0 Å². The van der Waals surface area contributed by atoms with E-state index < -0.39 is 0 Å². The lowest BCUT2D eigenvalue weighted by Gasteiger charge is -2.28. The summed E-state index contributed by atoms with van der Waals surface area (Å²) < 4.78 is 0. The fourth-order valence-corrected chi connectivity index (χ4v) is 3.23. The summed E-state index contributed by atoms with van der Waals surface area (Å²) in [6, 6.07) is 8.00. The lowest BCUT2D eigenvalue weighted by atomic mass is 9.93. The SMILES string of the molecule is Cc1ccccc1SCC(=O)N[C@@H]1CCCC[C@H]1O.